The molecule has 0 radical (unpaired) electrons. The van der Waals surface area contributed by atoms with Gasteiger partial charge in [-0.25, -0.2) is 0 Å². The van der Waals surface area contributed by atoms with Crippen molar-refractivity contribution in [1.82, 2.24) is 5.32 Å². The molecule has 6 nitrogen and oxygen atoms in total. The molecule has 0 bridgehead atoms. The summed E-state index contributed by atoms with van der Waals surface area (Å²) in [7, 11) is 0. The lowest BCUT2D eigenvalue weighted by Gasteiger charge is -2.06. The summed E-state index contributed by atoms with van der Waals surface area (Å²) in [5.41, 5.74) is 0.712. The van der Waals surface area contributed by atoms with E-state index >= 15 is 0 Å². The first kappa shape index (κ1) is 17.5. The smallest absolute Gasteiger partial charge is 0.269 e. The van der Waals surface area contributed by atoms with Crippen molar-refractivity contribution in [3.8, 4) is 5.75 Å². The third-order valence-corrected chi connectivity index (χ3v) is 3.27. The molecular formula is C17H15ClN2O4. The van der Waals surface area contributed by atoms with Gasteiger partial charge in [0.2, 0.25) is 5.91 Å². The Hall–Kier alpha value is -2.86. The number of carbonyl (C=O) groups is 1. The lowest BCUT2D eigenvalue weighted by Crippen LogP contribution is -2.26. The van der Waals surface area contributed by atoms with Gasteiger partial charge in [0.25, 0.3) is 5.69 Å². The molecule has 2 rings (SSSR count). The zero-order valence-electron chi connectivity index (χ0n) is 12.6. The Balaban J connectivity index is 1.72. The molecule has 0 aliphatic rings. The van der Waals surface area contributed by atoms with Crippen LogP contribution in [-0.2, 0) is 4.79 Å². The van der Waals surface area contributed by atoms with Crippen LogP contribution in [0.1, 0.15) is 5.56 Å². The van der Waals surface area contributed by atoms with E-state index in [-0.39, 0.29) is 11.6 Å². The number of nitrogens with one attached hydrogen (secondary N) is 1. The van der Waals surface area contributed by atoms with Gasteiger partial charge in [0.1, 0.15) is 12.4 Å². The summed E-state index contributed by atoms with van der Waals surface area (Å²) >= 11 is 5.77. The monoisotopic (exact) mass is 346 g/mol. The Bertz CT molecular complexity index is 727. The maximum absolute atomic E-state index is 11.7. The Kier molecular flexibility index (Phi) is 6.33. The van der Waals surface area contributed by atoms with Crippen molar-refractivity contribution in [2.75, 3.05) is 13.2 Å². The largest absolute Gasteiger partial charge is 0.492 e. The Labute approximate surface area is 143 Å². The topological polar surface area (TPSA) is 81.5 Å². The summed E-state index contributed by atoms with van der Waals surface area (Å²) in [5.74, 6) is 0.406. The van der Waals surface area contributed by atoms with Gasteiger partial charge in [-0.2, -0.15) is 0 Å². The van der Waals surface area contributed by atoms with Gasteiger partial charge >= 0.3 is 0 Å². The fourth-order valence-corrected chi connectivity index (χ4v) is 1.94. The molecule has 0 fully saturated rings. The number of rotatable bonds is 7. The zero-order valence-corrected chi connectivity index (χ0v) is 13.4. The van der Waals surface area contributed by atoms with Crippen molar-refractivity contribution in [2.45, 2.75) is 0 Å². The quantitative estimate of drug-likeness (QED) is 0.360. The molecule has 0 saturated carbocycles. The molecule has 0 spiro atoms. The van der Waals surface area contributed by atoms with Crippen molar-refractivity contribution in [3.63, 3.8) is 0 Å². The number of nitro groups is 1. The summed E-state index contributed by atoms with van der Waals surface area (Å²) in [5, 5.41) is 13.9. The minimum atomic E-state index is -0.471. The van der Waals surface area contributed by atoms with Crippen LogP contribution in [0.5, 0.6) is 5.75 Å². The number of hydrogen-bond donors (Lipinski definition) is 1. The van der Waals surface area contributed by atoms with Crippen LogP contribution in [-0.4, -0.2) is 24.0 Å². The SMILES string of the molecule is O=C(/C=C/c1ccc([N+](=O)[O-])cc1)NCCOc1ccc(Cl)cc1. The van der Waals surface area contributed by atoms with E-state index in [1.165, 1.54) is 18.2 Å². The highest BCUT2D eigenvalue weighted by molar-refractivity contribution is 6.30. The molecular weight excluding hydrogens is 332 g/mol. The third-order valence-electron chi connectivity index (χ3n) is 3.01. The highest BCUT2D eigenvalue weighted by Crippen LogP contribution is 2.15. The second kappa shape index (κ2) is 8.69. The van der Waals surface area contributed by atoms with Gasteiger partial charge in [-0.15, -0.1) is 0 Å². The predicted octanol–water partition coefficient (Wildman–Crippen LogP) is 3.46. The van der Waals surface area contributed by atoms with E-state index in [2.05, 4.69) is 5.32 Å². The summed E-state index contributed by atoms with van der Waals surface area (Å²) in [6.45, 7) is 0.685. The number of hydrogen-bond acceptors (Lipinski definition) is 4. The van der Waals surface area contributed by atoms with Gasteiger partial charge in [0, 0.05) is 23.2 Å². The number of nitro benzene ring substituents is 1. The zero-order chi connectivity index (χ0) is 17.4. The summed E-state index contributed by atoms with van der Waals surface area (Å²) in [4.78, 5) is 21.7. The average molecular weight is 347 g/mol. The maximum Gasteiger partial charge on any atom is 0.269 e. The van der Waals surface area contributed by atoms with Crippen molar-refractivity contribution in [1.29, 1.82) is 0 Å². The van der Waals surface area contributed by atoms with Crippen LogP contribution in [0.25, 0.3) is 6.08 Å². The van der Waals surface area contributed by atoms with Crippen LogP contribution >= 0.6 is 11.6 Å². The molecule has 0 aromatic heterocycles. The molecule has 0 unspecified atom stereocenters. The Morgan fingerprint density at radius 2 is 1.83 bits per heavy atom. The molecule has 0 heterocycles. The summed E-state index contributed by atoms with van der Waals surface area (Å²) < 4.78 is 5.45. The second-order valence-electron chi connectivity index (χ2n) is 4.78. The molecule has 7 heteroatoms. The van der Waals surface area contributed by atoms with Crippen LogP contribution in [0.2, 0.25) is 5.02 Å². The van der Waals surface area contributed by atoms with Crippen LogP contribution in [0.4, 0.5) is 5.69 Å². The second-order valence-corrected chi connectivity index (χ2v) is 5.21. The number of nitrogens with zero attached hydrogens (tertiary/aromatic N) is 1. The number of benzene rings is 2. The molecule has 2 aromatic rings. The minimum Gasteiger partial charge on any atom is -0.492 e. The van der Waals surface area contributed by atoms with Crippen LogP contribution in [0, 0.1) is 10.1 Å². The first-order valence-electron chi connectivity index (χ1n) is 7.13. The lowest BCUT2D eigenvalue weighted by molar-refractivity contribution is -0.384. The van der Waals surface area contributed by atoms with Crippen molar-refractivity contribution >= 4 is 29.3 Å². The number of ether oxygens (including phenoxy) is 1. The molecule has 0 saturated heterocycles. The maximum atomic E-state index is 11.7. The first-order valence-corrected chi connectivity index (χ1v) is 7.51. The molecule has 2 aromatic carbocycles. The van der Waals surface area contributed by atoms with Crippen LogP contribution < -0.4 is 10.1 Å². The van der Waals surface area contributed by atoms with E-state index in [1.807, 2.05) is 0 Å². The molecule has 1 N–H and O–H groups in total. The highest BCUT2D eigenvalue weighted by Gasteiger charge is 2.02. The Morgan fingerprint density at radius 3 is 2.46 bits per heavy atom. The number of amides is 1. The first-order chi connectivity index (χ1) is 11.5. The van der Waals surface area contributed by atoms with Gasteiger partial charge in [-0.3, -0.25) is 14.9 Å². The highest BCUT2D eigenvalue weighted by atomic mass is 35.5. The number of halogens is 1. The van der Waals surface area contributed by atoms with E-state index in [0.717, 1.165) is 0 Å². The predicted molar refractivity (Wildman–Crippen MR) is 92.1 cm³/mol. The molecule has 124 valence electrons. The summed E-state index contributed by atoms with van der Waals surface area (Å²) in [6, 6.07) is 12.9. The molecule has 0 aliphatic carbocycles. The van der Waals surface area contributed by atoms with Crippen molar-refractivity contribution in [2.24, 2.45) is 0 Å². The number of non-ortho nitro benzene ring substituents is 1. The summed E-state index contributed by atoms with van der Waals surface area (Å²) in [6.07, 6.45) is 2.95. The third kappa shape index (κ3) is 5.73. The van der Waals surface area contributed by atoms with Gasteiger partial charge < -0.3 is 10.1 Å². The number of carbonyl (C=O) groups excluding carboxylic acids is 1. The Morgan fingerprint density at radius 1 is 1.17 bits per heavy atom. The van der Waals surface area contributed by atoms with Crippen LogP contribution in [0.15, 0.2) is 54.6 Å². The molecule has 1 amide bonds. The van der Waals surface area contributed by atoms with Gasteiger partial charge in [-0.05, 0) is 48.0 Å². The molecule has 24 heavy (non-hydrogen) atoms. The van der Waals surface area contributed by atoms with E-state index in [4.69, 9.17) is 16.3 Å². The molecule has 0 atom stereocenters. The minimum absolute atomic E-state index is 0.0101. The van der Waals surface area contributed by atoms with Crippen LogP contribution in [0.3, 0.4) is 0 Å². The fraction of sp³-hybridized carbons (Fsp3) is 0.118. The normalized spacial score (nSPS) is 10.5. The van der Waals surface area contributed by atoms with Gasteiger partial charge in [0.05, 0.1) is 11.5 Å². The fourth-order valence-electron chi connectivity index (χ4n) is 1.81. The van der Waals surface area contributed by atoms with Crippen molar-refractivity contribution < 1.29 is 14.5 Å². The van der Waals surface area contributed by atoms with E-state index in [1.54, 1.807) is 42.5 Å². The van der Waals surface area contributed by atoms with E-state index in [0.29, 0.717) is 29.5 Å². The van der Waals surface area contributed by atoms with Crippen molar-refractivity contribution in [3.05, 3.63) is 75.3 Å². The van der Waals surface area contributed by atoms with Gasteiger partial charge in [-0.1, -0.05) is 11.6 Å². The van der Waals surface area contributed by atoms with E-state index in [9.17, 15) is 14.9 Å². The standard InChI is InChI=1S/C17H15ClN2O4/c18-14-4-8-16(9-5-14)24-12-11-19-17(21)10-3-13-1-6-15(7-2-13)20(22)23/h1-10H,11-12H2,(H,19,21)/b10-3+. The average Bonchev–Trinajstić information content (AvgIpc) is 2.59. The van der Waals surface area contributed by atoms with Gasteiger partial charge in [0.15, 0.2) is 0 Å². The lowest BCUT2D eigenvalue weighted by atomic mass is 10.2. The molecule has 0 aliphatic heterocycles. The van der Waals surface area contributed by atoms with E-state index < -0.39 is 4.92 Å².